The molecule has 0 aromatic heterocycles. The van der Waals surface area contributed by atoms with Gasteiger partial charge in [0.2, 0.25) is 0 Å². The van der Waals surface area contributed by atoms with E-state index in [4.69, 9.17) is 23.3 Å². The highest BCUT2D eigenvalue weighted by molar-refractivity contribution is 7.47. The van der Waals surface area contributed by atoms with Crippen LogP contribution in [-0.2, 0) is 32.6 Å². The molecule has 0 amide bonds. The van der Waals surface area contributed by atoms with Gasteiger partial charge in [-0.1, -0.05) is 146 Å². The number of epoxide rings is 1. The Kier molecular flexibility index (Phi) is 32.5. The van der Waals surface area contributed by atoms with E-state index in [1.807, 2.05) is 27.2 Å². The molecular formula is C46H83NO8P+. The molecule has 1 saturated heterocycles. The molecule has 0 spiro atoms. The van der Waals surface area contributed by atoms with Crippen LogP contribution >= 0.6 is 7.82 Å². The number of unbranched alkanes of at least 4 members (excludes halogenated alkanes) is 15. The summed E-state index contributed by atoms with van der Waals surface area (Å²) in [4.78, 5) is 22.9. The highest BCUT2D eigenvalue weighted by Gasteiger charge is 2.36. The van der Waals surface area contributed by atoms with Crippen LogP contribution in [0.3, 0.4) is 0 Å². The van der Waals surface area contributed by atoms with Gasteiger partial charge in [-0.25, -0.2) is 4.57 Å². The number of ether oxygens (including phenoxy) is 3. The lowest BCUT2D eigenvalue weighted by atomic mass is 10.0. The molecule has 56 heavy (non-hydrogen) atoms. The summed E-state index contributed by atoms with van der Waals surface area (Å²) >= 11 is 0. The molecule has 1 heterocycles. The van der Waals surface area contributed by atoms with Crippen LogP contribution in [0.4, 0.5) is 0 Å². The second kappa shape index (κ2) is 35.0. The number of phosphoric ester groups is 1. The standard InChI is InChI=1S/C46H82NO8P/c1-6-8-10-12-14-16-17-18-19-20-21-22-24-26-30-34-39-51-41-43(42-53-56(49,50)52-40-38-47(3,4)5)54-46(48)37-33-29-28-32-36-45-44(55-45)35-31-27-25-23-15-13-11-9-7-2/h9,11,15,23,27-28,31-32,34,39,43-45H,6-8,10,12-14,16-22,24-26,29-30,33,35-38,40-42H2,1-5H3/p+1/b11-9-,23-15-,31-27-,32-28-,39-34-. The molecule has 1 N–H and O–H groups in total. The Morgan fingerprint density at radius 2 is 1.21 bits per heavy atom. The topological polar surface area (TPSA) is 104 Å². The normalized spacial score (nSPS) is 17.9. The maximum atomic E-state index is 12.7. The van der Waals surface area contributed by atoms with Gasteiger partial charge in [-0.05, 0) is 63.9 Å². The largest absolute Gasteiger partial charge is 0.498 e. The molecule has 324 valence electrons. The Bertz CT molecular complexity index is 1140. The lowest BCUT2D eigenvalue weighted by molar-refractivity contribution is -0.870. The number of carbonyl (C=O) groups excluding carboxylic acids is 1. The van der Waals surface area contributed by atoms with Crippen LogP contribution in [0.1, 0.15) is 162 Å². The number of quaternary nitrogens is 1. The SMILES string of the molecule is CC/C=C\C/C=C\C/C=C\CC1OC1C/C=C\CCCC(=O)OC(CO/C=C\CCCCCCCCCCCCCCCC)COP(=O)(O)OCC[N+](C)(C)C. The highest BCUT2D eigenvalue weighted by Crippen LogP contribution is 2.43. The van der Waals surface area contributed by atoms with E-state index < -0.39 is 19.9 Å². The lowest BCUT2D eigenvalue weighted by Crippen LogP contribution is -2.37. The third kappa shape index (κ3) is 35.2. The van der Waals surface area contributed by atoms with Crippen molar-refractivity contribution in [2.24, 2.45) is 0 Å². The van der Waals surface area contributed by atoms with Crippen molar-refractivity contribution in [2.45, 2.75) is 180 Å². The fraction of sp³-hybridized carbons (Fsp3) is 0.761. The predicted octanol–water partition coefficient (Wildman–Crippen LogP) is 12.3. The molecule has 4 unspecified atom stereocenters. The first-order valence-corrected chi connectivity index (χ1v) is 23.7. The summed E-state index contributed by atoms with van der Waals surface area (Å²) in [6.07, 6.45) is 46.7. The van der Waals surface area contributed by atoms with Gasteiger partial charge < -0.3 is 23.6 Å². The number of esters is 1. The summed E-state index contributed by atoms with van der Waals surface area (Å²) in [6, 6.07) is 0. The average molecular weight is 809 g/mol. The molecule has 10 heteroatoms. The first-order chi connectivity index (χ1) is 27.1. The van der Waals surface area contributed by atoms with Gasteiger partial charge >= 0.3 is 13.8 Å². The smallest absolute Gasteiger partial charge is 0.472 e. The third-order valence-corrected chi connectivity index (χ3v) is 10.5. The zero-order chi connectivity index (χ0) is 41.0. The zero-order valence-corrected chi connectivity index (χ0v) is 37.2. The zero-order valence-electron chi connectivity index (χ0n) is 36.3. The van der Waals surface area contributed by atoms with Gasteiger partial charge in [0.1, 0.15) is 19.8 Å². The summed E-state index contributed by atoms with van der Waals surface area (Å²) in [5.41, 5.74) is 0. The first-order valence-electron chi connectivity index (χ1n) is 22.2. The van der Waals surface area contributed by atoms with Gasteiger partial charge in [0.05, 0.1) is 46.2 Å². The van der Waals surface area contributed by atoms with Crippen LogP contribution < -0.4 is 0 Å². The summed E-state index contributed by atoms with van der Waals surface area (Å²) in [6.45, 7) is 4.73. The van der Waals surface area contributed by atoms with Crippen LogP contribution in [0.5, 0.6) is 0 Å². The molecule has 1 fully saturated rings. The molecule has 4 atom stereocenters. The van der Waals surface area contributed by atoms with Crippen molar-refractivity contribution in [1.29, 1.82) is 0 Å². The number of likely N-dealkylation sites (N-methyl/N-ethyl adjacent to an activating group) is 1. The maximum absolute atomic E-state index is 12.7. The Morgan fingerprint density at radius 1 is 0.679 bits per heavy atom. The van der Waals surface area contributed by atoms with Gasteiger partial charge in [-0.15, -0.1) is 0 Å². The van der Waals surface area contributed by atoms with E-state index in [9.17, 15) is 14.3 Å². The number of nitrogens with zero attached hydrogens (tertiary/aromatic N) is 1. The number of hydrogen-bond donors (Lipinski definition) is 1. The molecule has 1 aliphatic rings. The molecule has 0 aliphatic carbocycles. The van der Waals surface area contributed by atoms with E-state index in [0.717, 1.165) is 51.4 Å². The maximum Gasteiger partial charge on any atom is 0.472 e. The fourth-order valence-corrected chi connectivity index (χ4v) is 6.75. The Labute approximate surface area is 343 Å². The van der Waals surface area contributed by atoms with Crippen molar-refractivity contribution in [3.8, 4) is 0 Å². The van der Waals surface area contributed by atoms with Crippen molar-refractivity contribution in [3.05, 3.63) is 60.9 Å². The van der Waals surface area contributed by atoms with Crippen molar-refractivity contribution >= 4 is 13.8 Å². The van der Waals surface area contributed by atoms with Gasteiger partial charge in [-0.2, -0.15) is 0 Å². The van der Waals surface area contributed by atoms with Crippen LogP contribution in [-0.4, -0.2) is 81.2 Å². The monoisotopic (exact) mass is 809 g/mol. The summed E-state index contributed by atoms with van der Waals surface area (Å²) in [7, 11) is 1.58. The molecule has 0 aromatic rings. The van der Waals surface area contributed by atoms with E-state index in [1.54, 1.807) is 6.26 Å². The van der Waals surface area contributed by atoms with E-state index in [-0.39, 0.29) is 32.3 Å². The number of phosphoric acid groups is 1. The molecule has 9 nitrogen and oxygen atoms in total. The van der Waals surface area contributed by atoms with Gasteiger partial charge in [-0.3, -0.25) is 13.8 Å². The quantitative estimate of drug-likeness (QED) is 0.0125. The number of carbonyl (C=O) groups is 1. The van der Waals surface area contributed by atoms with E-state index in [0.29, 0.717) is 23.6 Å². The van der Waals surface area contributed by atoms with Gasteiger partial charge in [0, 0.05) is 6.42 Å². The second-order valence-corrected chi connectivity index (χ2v) is 17.6. The lowest BCUT2D eigenvalue weighted by Gasteiger charge is -2.24. The molecule has 0 radical (unpaired) electrons. The molecular weight excluding hydrogens is 725 g/mol. The van der Waals surface area contributed by atoms with E-state index >= 15 is 0 Å². The molecule has 0 saturated carbocycles. The minimum atomic E-state index is -4.31. The van der Waals surface area contributed by atoms with Crippen molar-refractivity contribution in [1.82, 2.24) is 0 Å². The van der Waals surface area contributed by atoms with Crippen LogP contribution in [0.15, 0.2) is 60.9 Å². The predicted molar refractivity (Wildman–Crippen MR) is 232 cm³/mol. The van der Waals surface area contributed by atoms with E-state index in [1.165, 1.54) is 83.5 Å². The Balaban J connectivity index is 2.30. The van der Waals surface area contributed by atoms with Gasteiger partial charge in [0.25, 0.3) is 0 Å². The molecule has 0 aromatic carbocycles. The fourth-order valence-electron chi connectivity index (χ4n) is 6.01. The minimum Gasteiger partial charge on any atom is -0.498 e. The van der Waals surface area contributed by atoms with Crippen LogP contribution in [0.2, 0.25) is 0 Å². The van der Waals surface area contributed by atoms with Gasteiger partial charge in [0.15, 0.2) is 6.10 Å². The van der Waals surface area contributed by atoms with E-state index in [2.05, 4.69) is 62.5 Å². The number of allylic oxidation sites excluding steroid dienone is 7. The van der Waals surface area contributed by atoms with Crippen molar-refractivity contribution in [3.63, 3.8) is 0 Å². The first kappa shape index (κ1) is 52.0. The van der Waals surface area contributed by atoms with Crippen molar-refractivity contribution < 1.29 is 42.0 Å². The summed E-state index contributed by atoms with van der Waals surface area (Å²) in [5, 5.41) is 0. The van der Waals surface area contributed by atoms with Crippen molar-refractivity contribution in [2.75, 3.05) is 47.5 Å². The highest BCUT2D eigenvalue weighted by atomic mass is 31.2. The average Bonchev–Trinajstić information content (AvgIpc) is 3.91. The summed E-state index contributed by atoms with van der Waals surface area (Å²) in [5.74, 6) is -0.398. The summed E-state index contributed by atoms with van der Waals surface area (Å²) < 4.78 is 40.5. The minimum absolute atomic E-state index is 0.0187. The molecule has 1 aliphatic heterocycles. The van der Waals surface area contributed by atoms with Crippen LogP contribution in [0.25, 0.3) is 0 Å². The van der Waals surface area contributed by atoms with Crippen LogP contribution in [0, 0.1) is 0 Å². The Morgan fingerprint density at radius 3 is 1.80 bits per heavy atom. The molecule has 1 rings (SSSR count). The number of rotatable bonds is 39. The third-order valence-electron chi connectivity index (χ3n) is 9.56. The molecule has 0 bridgehead atoms. The second-order valence-electron chi connectivity index (χ2n) is 16.2. The number of hydrogen-bond acceptors (Lipinski definition) is 7. The Hall–Kier alpha value is -2.00.